The second-order valence-corrected chi connectivity index (χ2v) is 12.0. The van der Waals surface area contributed by atoms with Gasteiger partial charge in [-0.3, -0.25) is 9.36 Å². The number of methoxy groups -OCH3 is 1. The van der Waals surface area contributed by atoms with E-state index < -0.39 is 23.1 Å². The lowest BCUT2D eigenvalue weighted by Crippen LogP contribution is -2.39. The Kier molecular flexibility index (Phi) is 8.23. The van der Waals surface area contributed by atoms with E-state index in [4.69, 9.17) is 30.5 Å². The second kappa shape index (κ2) is 11.3. The van der Waals surface area contributed by atoms with Crippen LogP contribution < -0.4 is 15.0 Å². The van der Waals surface area contributed by atoms with Crippen LogP contribution in [0.25, 0.3) is 26.3 Å². The number of carbonyl (C=O) groups excluding carboxylic acids is 2. The van der Waals surface area contributed by atoms with Gasteiger partial charge in [-0.2, -0.15) is 0 Å². The first kappa shape index (κ1) is 29.1. The van der Waals surface area contributed by atoms with Gasteiger partial charge in [-0.1, -0.05) is 23.7 Å². The van der Waals surface area contributed by atoms with E-state index in [9.17, 15) is 14.4 Å². The van der Waals surface area contributed by atoms with Crippen LogP contribution in [0.3, 0.4) is 0 Å². The third-order valence-corrected chi connectivity index (χ3v) is 6.92. The fraction of sp³-hybridized carbons (Fsp3) is 0.310. The van der Waals surface area contributed by atoms with Crippen LogP contribution in [0.1, 0.15) is 34.6 Å². The minimum absolute atomic E-state index is 0.0760. The van der Waals surface area contributed by atoms with Crippen LogP contribution in [-0.2, 0) is 19.1 Å². The van der Waals surface area contributed by atoms with Crippen molar-refractivity contribution in [2.45, 2.75) is 45.8 Å². The van der Waals surface area contributed by atoms with E-state index in [1.54, 1.807) is 65.0 Å². The third-order valence-electron chi connectivity index (χ3n) is 5.50. The van der Waals surface area contributed by atoms with Gasteiger partial charge < -0.3 is 18.9 Å². The fourth-order valence-corrected chi connectivity index (χ4v) is 4.84. The Hall–Kier alpha value is -3.89. The quantitative estimate of drug-likeness (QED) is 0.198. The van der Waals surface area contributed by atoms with Crippen LogP contribution in [0.4, 0.5) is 0 Å². The highest BCUT2D eigenvalue weighted by atomic mass is 35.5. The lowest BCUT2D eigenvalue weighted by molar-refractivity contribution is -0.183. The van der Waals surface area contributed by atoms with Crippen LogP contribution in [0.15, 0.2) is 59.7 Å². The zero-order chi connectivity index (χ0) is 29.2. The van der Waals surface area contributed by atoms with Gasteiger partial charge in [-0.15, -0.1) is 11.3 Å². The number of carbonyl (C=O) groups is 2. The smallest absolute Gasteiger partial charge is 0.418 e. The molecule has 4 rings (SSSR count). The maximum atomic E-state index is 13.4. The SMILES string of the molecule is COc1cc(-n2cnc3cc(-c4ccc(Cl)cc4)sc3c2=O)ccc1OCC(C)(C)OC(=O)C(=O)OC(C)(C)C. The van der Waals surface area contributed by atoms with Gasteiger partial charge in [0, 0.05) is 16.0 Å². The summed E-state index contributed by atoms with van der Waals surface area (Å²) >= 11 is 7.36. The molecule has 210 valence electrons. The van der Waals surface area contributed by atoms with Crippen molar-refractivity contribution in [3.05, 3.63) is 70.2 Å². The molecule has 0 bridgehead atoms. The zero-order valence-electron chi connectivity index (χ0n) is 22.9. The Balaban J connectivity index is 1.52. The number of hydrogen-bond acceptors (Lipinski definition) is 9. The summed E-state index contributed by atoms with van der Waals surface area (Å²) in [5, 5.41) is 0.636. The van der Waals surface area contributed by atoms with Crippen LogP contribution in [0.5, 0.6) is 11.5 Å². The highest BCUT2D eigenvalue weighted by Gasteiger charge is 2.31. The number of ether oxygens (including phenoxy) is 4. The summed E-state index contributed by atoms with van der Waals surface area (Å²) in [6, 6.07) is 14.3. The number of thiophene rings is 1. The Bertz CT molecular complexity index is 1620. The lowest BCUT2D eigenvalue weighted by atomic mass is 10.1. The molecule has 2 aromatic carbocycles. The third kappa shape index (κ3) is 6.81. The standard InChI is InChI=1S/C29H29ClN2O7S/c1-28(2,3)38-26(34)27(35)39-29(4,5)15-37-21-12-11-19(13-22(21)36-6)32-16-31-20-14-23(40-24(20)25(32)33)17-7-9-18(30)10-8-17/h7-14,16H,15H2,1-6H3. The monoisotopic (exact) mass is 584 g/mol. The number of rotatable bonds is 7. The van der Waals surface area contributed by atoms with Crippen molar-refractivity contribution in [3.8, 4) is 27.6 Å². The highest BCUT2D eigenvalue weighted by Crippen LogP contribution is 2.33. The second-order valence-electron chi connectivity index (χ2n) is 10.5. The molecule has 40 heavy (non-hydrogen) atoms. The van der Waals surface area contributed by atoms with Gasteiger partial charge >= 0.3 is 11.9 Å². The van der Waals surface area contributed by atoms with Crippen molar-refractivity contribution in [1.82, 2.24) is 9.55 Å². The molecule has 0 atom stereocenters. The topological polar surface area (TPSA) is 106 Å². The highest BCUT2D eigenvalue weighted by molar-refractivity contribution is 7.22. The largest absolute Gasteiger partial charge is 0.493 e. The van der Waals surface area contributed by atoms with E-state index in [-0.39, 0.29) is 12.2 Å². The van der Waals surface area contributed by atoms with Gasteiger partial charge in [-0.05, 0) is 70.5 Å². The minimum atomic E-state index is -1.15. The predicted molar refractivity (Wildman–Crippen MR) is 154 cm³/mol. The first-order valence-electron chi connectivity index (χ1n) is 12.3. The van der Waals surface area contributed by atoms with E-state index in [2.05, 4.69) is 4.98 Å². The molecule has 0 amide bonds. The molecular formula is C29H29ClN2O7S. The molecule has 0 N–H and O–H groups in total. The molecule has 0 unspecified atom stereocenters. The summed E-state index contributed by atoms with van der Waals surface area (Å²) in [7, 11) is 1.47. The van der Waals surface area contributed by atoms with Crippen LogP contribution in [0.2, 0.25) is 5.02 Å². The van der Waals surface area contributed by atoms with Crippen LogP contribution >= 0.6 is 22.9 Å². The maximum Gasteiger partial charge on any atom is 0.418 e. The molecular weight excluding hydrogens is 556 g/mol. The predicted octanol–water partition coefficient (Wildman–Crippen LogP) is 5.82. The summed E-state index contributed by atoms with van der Waals surface area (Å²) in [6.07, 6.45) is 1.47. The fourth-order valence-electron chi connectivity index (χ4n) is 3.67. The maximum absolute atomic E-state index is 13.4. The summed E-state index contributed by atoms with van der Waals surface area (Å²) in [6.45, 7) is 8.11. The molecule has 0 aliphatic carbocycles. The summed E-state index contributed by atoms with van der Waals surface area (Å²) in [5.74, 6) is -1.48. The van der Waals surface area contributed by atoms with Gasteiger partial charge in [0.1, 0.15) is 28.8 Å². The van der Waals surface area contributed by atoms with Crippen molar-refractivity contribution in [3.63, 3.8) is 0 Å². The van der Waals surface area contributed by atoms with Crippen molar-refractivity contribution < 1.29 is 28.5 Å². The van der Waals surface area contributed by atoms with E-state index in [1.165, 1.54) is 29.3 Å². The molecule has 2 aromatic heterocycles. The number of benzene rings is 2. The van der Waals surface area contributed by atoms with Gasteiger partial charge in [0.05, 0.1) is 18.3 Å². The number of hydrogen-bond donors (Lipinski definition) is 0. The molecule has 0 saturated heterocycles. The first-order valence-corrected chi connectivity index (χ1v) is 13.5. The van der Waals surface area contributed by atoms with Gasteiger partial charge in [0.25, 0.3) is 5.56 Å². The van der Waals surface area contributed by atoms with Crippen molar-refractivity contribution in [2.24, 2.45) is 0 Å². The Morgan fingerprint density at radius 3 is 2.27 bits per heavy atom. The number of aromatic nitrogens is 2. The van der Waals surface area contributed by atoms with Gasteiger partial charge in [-0.25, -0.2) is 14.6 Å². The first-order chi connectivity index (χ1) is 18.8. The van der Waals surface area contributed by atoms with Crippen molar-refractivity contribution >= 4 is 45.1 Å². The van der Waals surface area contributed by atoms with Gasteiger partial charge in [0.15, 0.2) is 11.5 Å². The average molecular weight is 585 g/mol. The molecule has 0 saturated carbocycles. The van der Waals surface area contributed by atoms with Crippen LogP contribution in [-0.4, -0.2) is 46.4 Å². The Morgan fingerprint density at radius 2 is 1.62 bits per heavy atom. The number of nitrogens with zero attached hydrogens (tertiary/aromatic N) is 2. The van der Waals surface area contributed by atoms with E-state index >= 15 is 0 Å². The molecule has 0 radical (unpaired) electrons. The summed E-state index contributed by atoms with van der Waals surface area (Å²) in [5.41, 5.74) is -0.116. The lowest BCUT2D eigenvalue weighted by Gasteiger charge is -2.26. The van der Waals surface area contributed by atoms with E-state index in [0.717, 1.165) is 10.4 Å². The molecule has 0 fully saturated rings. The normalized spacial score (nSPS) is 11.8. The molecule has 11 heteroatoms. The average Bonchev–Trinajstić information content (AvgIpc) is 3.32. The molecule has 9 nitrogen and oxygen atoms in total. The number of halogens is 1. The van der Waals surface area contributed by atoms with E-state index in [1.807, 2.05) is 18.2 Å². The summed E-state index contributed by atoms with van der Waals surface area (Å²) in [4.78, 5) is 42.9. The zero-order valence-corrected chi connectivity index (χ0v) is 24.5. The molecule has 0 aliphatic heterocycles. The van der Waals surface area contributed by atoms with Crippen molar-refractivity contribution in [2.75, 3.05) is 13.7 Å². The molecule has 2 heterocycles. The number of fused-ring (bicyclic) bond motifs is 1. The van der Waals surface area contributed by atoms with Crippen LogP contribution in [0, 0.1) is 0 Å². The van der Waals surface area contributed by atoms with E-state index in [0.29, 0.717) is 32.4 Å². The van der Waals surface area contributed by atoms with Gasteiger partial charge in [0.2, 0.25) is 0 Å². The minimum Gasteiger partial charge on any atom is -0.493 e. The summed E-state index contributed by atoms with van der Waals surface area (Å²) < 4.78 is 23.6. The molecule has 0 spiro atoms. The number of esters is 2. The molecule has 0 aliphatic rings. The van der Waals surface area contributed by atoms with Crippen molar-refractivity contribution in [1.29, 1.82) is 0 Å². The Morgan fingerprint density at radius 1 is 0.950 bits per heavy atom. The Labute approximate surface area is 240 Å². The molecule has 4 aromatic rings.